The van der Waals surface area contributed by atoms with Crippen molar-refractivity contribution in [3.63, 3.8) is 0 Å². The Kier molecular flexibility index (Phi) is 5.55. The largest absolute Gasteiger partial charge is 0.505 e. The minimum Gasteiger partial charge on any atom is -0.505 e. The van der Waals surface area contributed by atoms with E-state index in [0.717, 1.165) is 24.3 Å². The number of non-ortho nitro benzene ring substituents is 1. The monoisotopic (exact) mass is 446 g/mol. The third kappa shape index (κ3) is 4.41. The molecule has 0 unspecified atom stereocenters. The zero-order valence-electron chi connectivity index (χ0n) is 15.5. The molecule has 0 aromatic heterocycles. The summed E-state index contributed by atoms with van der Waals surface area (Å²) in [6.45, 7) is 0. The van der Waals surface area contributed by atoms with Crippen LogP contribution in [0.25, 0.3) is 10.8 Å². The SMILES string of the molecule is NC(=O)Cc1ccc(S(=O)(=O)O)c2ccc(N=Nc3ccc([N+](=O)[O-])cc3O)c(O)c12. The molecule has 12 nitrogen and oxygen atoms in total. The van der Waals surface area contributed by atoms with Gasteiger partial charge in [-0.1, -0.05) is 12.1 Å². The molecule has 3 rings (SSSR count). The number of phenolic OH excluding ortho intramolecular Hbond substituents is 2. The Balaban J connectivity index is 2.16. The normalized spacial score (nSPS) is 11.8. The van der Waals surface area contributed by atoms with E-state index in [1.807, 2.05) is 0 Å². The lowest BCUT2D eigenvalue weighted by Crippen LogP contribution is -2.14. The lowest BCUT2D eigenvalue weighted by atomic mass is 10.00. The van der Waals surface area contributed by atoms with Crippen molar-refractivity contribution >= 4 is 43.9 Å². The van der Waals surface area contributed by atoms with Gasteiger partial charge in [-0.15, -0.1) is 10.2 Å². The summed E-state index contributed by atoms with van der Waals surface area (Å²) < 4.78 is 32.8. The summed E-state index contributed by atoms with van der Waals surface area (Å²) >= 11 is 0. The van der Waals surface area contributed by atoms with Crippen molar-refractivity contribution < 1.29 is 32.9 Å². The van der Waals surface area contributed by atoms with Crippen molar-refractivity contribution in [3.05, 3.63) is 58.1 Å². The molecule has 0 aliphatic heterocycles. The second-order valence-corrected chi connectivity index (χ2v) is 7.72. The van der Waals surface area contributed by atoms with E-state index in [9.17, 15) is 38.1 Å². The molecule has 0 fully saturated rings. The molecule has 0 aliphatic carbocycles. The summed E-state index contributed by atoms with van der Waals surface area (Å²) in [6, 6.07) is 7.85. The molecule has 160 valence electrons. The van der Waals surface area contributed by atoms with Crippen LogP contribution in [0.1, 0.15) is 5.56 Å². The first-order valence-corrected chi connectivity index (χ1v) is 9.85. The number of carbonyl (C=O) groups is 1. The van der Waals surface area contributed by atoms with Gasteiger partial charge in [0, 0.05) is 16.8 Å². The summed E-state index contributed by atoms with van der Waals surface area (Å²) in [5.74, 6) is -1.83. The Labute approximate surface area is 174 Å². The van der Waals surface area contributed by atoms with Crippen LogP contribution in [0, 0.1) is 10.1 Å². The molecule has 0 aliphatic rings. The van der Waals surface area contributed by atoms with Gasteiger partial charge in [-0.25, -0.2) is 0 Å². The second kappa shape index (κ2) is 7.97. The number of hydrogen-bond donors (Lipinski definition) is 4. The van der Waals surface area contributed by atoms with Gasteiger partial charge in [0.05, 0.1) is 17.4 Å². The molecule has 1 amide bonds. The van der Waals surface area contributed by atoms with Crippen LogP contribution in [0.4, 0.5) is 17.1 Å². The number of phenols is 2. The Hall–Kier alpha value is -4.10. The van der Waals surface area contributed by atoms with Gasteiger partial charge < -0.3 is 15.9 Å². The fourth-order valence-corrected chi connectivity index (χ4v) is 3.61. The highest BCUT2D eigenvalue weighted by atomic mass is 32.2. The fourth-order valence-electron chi connectivity index (χ4n) is 2.92. The number of aromatic hydroxyl groups is 2. The summed E-state index contributed by atoms with van der Waals surface area (Å²) in [7, 11) is -4.65. The van der Waals surface area contributed by atoms with Gasteiger partial charge in [0.15, 0.2) is 5.75 Å². The van der Waals surface area contributed by atoms with Crippen LogP contribution < -0.4 is 5.73 Å². The molecule has 3 aromatic carbocycles. The molecular formula is C18H14N4O8S. The van der Waals surface area contributed by atoms with Crippen LogP contribution in [-0.2, 0) is 21.3 Å². The second-order valence-electron chi connectivity index (χ2n) is 6.33. The van der Waals surface area contributed by atoms with Gasteiger partial charge >= 0.3 is 0 Å². The van der Waals surface area contributed by atoms with E-state index < -0.39 is 37.3 Å². The highest BCUT2D eigenvalue weighted by Gasteiger charge is 2.20. The molecule has 13 heteroatoms. The molecule has 0 saturated heterocycles. The van der Waals surface area contributed by atoms with E-state index in [4.69, 9.17) is 5.73 Å². The molecule has 0 saturated carbocycles. The van der Waals surface area contributed by atoms with Crippen LogP contribution in [0.5, 0.6) is 11.5 Å². The molecule has 0 bridgehead atoms. The van der Waals surface area contributed by atoms with Gasteiger partial charge in [-0.05, 0) is 23.8 Å². The van der Waals surface area contributed by atoms with Crippen molar-refractivity contribution in [1.82, 2.24) is 0 Å². The number of fused-ring (bicyclic) bond motifs is 1. The number of primary amides is 1. The maximum Gasteiger partial charge on any atom is 0.295 e. The van der Waals surface area contributed by atoms with E-state index in [-0.39, 0.29) is 39.8 Å². The predicted molar refractivity (Wildman–Crippen MR) is 107 cm³/mol. The van der Waals surface area contributed by atoms with E-state index in [1.165, 1.54) is 18.2 Å². The van der Waals surface area contributed by atoms with Crippen molar-refractivity contribution in [2.24, 2.45) is 16.0 Å². The third-order valence-electron chi connectivity index (χ3n) is 4.26. The number of benzene rings is 3. The first-order valence-electron chi connectivity index (χ1n) is 8.41. The van der Waals surface area contributed by atoms with Crippen LogP contribution in [0.3, 0.4) is 0 Å². The molecule has 0 radical (unpaired) electrons. The molecule has 3 aromatic rings. The zero-order chi connectivity index (χ0) is 22.9. The van der Waals surface area contributed by atoms with Gasteiger partial charge in [-0.3, -0.25) is 19.5 Å². The maximum absolute atomic E-state index is 11.7. The minimum absolute atomic E-state index is 0.0733. The first kappa shape index (κ1) is 21.6. The van der Waals surface area contributed by atoms with Crippen molar-refractivity contribution in [2.45, 2.75) is 11.3 Å². The Morgan fingerprint density at radius 3 is 2.29 bits per heavy atom. The Bertz CT molecular complexity index is 1370. The Morgan fingerprint density at radius 2 is 1.71 bits per heavy atom. The average molecular weight is 446 g/mol. The van der Waals surface area contributed by atoms with E-state index >= 15 is 0 Å². The maximum atomic E-state index is 11.7. The van der Waals surface area contributed by atoms with Crippen molar-refractivity contribution in [1.29, 1.82) is 0 Å². The summed E-state index contributed by atoms with van der Waals surface area (Å²) in [6.07, 6.45) is -0.334. The minimum atomic E-state index is -4.65. The quantitative estimate of drug-likeness (QED) is 0.191. The fraction of sp³-hybridized carbons (Fsp3) is 0.0556. The molecule has 0 heterocycles. The van der Waals surface area contributed by atoms with Gasteiger partial charge in [0.2, 0.25) is 5.91 Å². The summed E-state index contributed by atoms with van der Waals surface area (Å²) in [5, 5.41) is 38.6. The zero-order valence-corrected chi connectivity index (χ0v) is 16.3. The molecule has 5 N–H and O–H groups in total. The van der Waals surface area contributed by atoms with Crippen molar-refractivity contribution in [2.75, 3.05) is 0 Å². The number of carbonyl (C=O) groups excluding carboxylic acids is 1. The molecule has 0 atom stereocenters. The molecule has 0 spiro atoms. The van der Waals surface area contributed by atoms with E-state index in [1.54, 1.807) is 0 Å². The summed E-state index contributed by atoms with van der Waals surface area (Å²) in [5.41, 5.74) is 4.73. The molecular weight excluding hydrogens is 432 g/mol. The van der Waals surface area contributed by atoms with E-state index in [2.05, 4.69) is 10.2 Å². The van der Waals surface area contributed by atoms with Crippen molar-refractivity contribution in [3.8, 4) is 11.5 Å². The predicted octanol–water partition coefficient (Wildman–Crippen LogP) is 2.85. The average Bonchev–Trinajstić information content (AvgIpc) is 2.66. The van der Waals surface area contributed by atoms with Gasteiger partial charge in [0.1, 0.15) is 22.0 Å². The van der Waals surface area contributed by atoms with Crippen LogP contribution in [0.2, 0.25) is 0 Å². The van der Waals surface area contributed by atoms with Crippen LogP contribution >= 0.6 is 0 Å². The van der Waals surface area contributed by atoms with Crippen LogP contribution in [-0.4, -0.2) is 34.0 Å². The third-order valence-corrected chi connectivity index (χ3v) is 5.17. The number of amides is 1. The first-order chi connectivity index (χ1) is 14.5. The van der Waals surface area contributed by atoms with E-state index in [0.29, 0.717) is 0 Å². The number of rotatable bonds is 6. The van der Waals surface area contributed by atoms with Gasteiger partial charge in [-0.2, -0.15) is 8.42 Å². The smallest absolute Gasteiger partial charge is 0.295 e. The summed E-state index contributed by atoms with van der Waals surface area (Å²) in [4.78, 5) is 20.9. The number of nitrogens with zero attached hydrogens (tertiary/aromatic N) is 3. The number of nitro groups is 1. The lowest BCUT2D eigenvalue weighted by Gasteiger charge is -2.11. The Morgan fingerprint density at radius 1 is 1.06 bits per heavy atom. The highest BCUT2D eigenvalue weighted by molar-refractivity contribution is 7.86. The number of nitro benzene ring substituents is 1. The van der Waals surface area contributed by atoms with Crippen LogP contribution in [0.15, 0.2) is 57.6 Å². The molecule has 31 heavy (non-hydrogen) atoms. The lowest BCUT2D eigenvalue weighted by molar-refractivity contribution is -0.384. The number of nitrogens with two attached hydrogens (primary N) is 1. The topological polar surface area (TPSA) is 206 Å². The van der Waals surface area contributed by atoms with Gasteiger partial charge in [0.25, 0.3) is 15.8 Å². The highest BCUT2D eigenvalue weighted by Crippen LogP contribution is 2.41. The number of hydrogen-bond acceptors (Lipinski definition) is 9. The number of azo groups is 1. The standard InChI is InChI=1S/C18H14N4O8S/c19-16(24)7-9-1-6-15(31(28,29)30)11-3-5-13(18(25)17(9)11)21-20-12-4-2-10(22(26)27)8-14(12)23/h1-6,8,23,25H,7H2,(H2,19,24)(H,28,29,30).